The number of anilines is 1. The molecule has 7 nitrogen and oxygen atoms in total. The van der Waals surface area contributed by atoms with Crippen LogP contribution in [0.5, 0.6) is 5.75 Å². The second-order valence-corrected chi connectivity index (χ2v) is 5.58. The molecule has 0 radical (unpaired) electrons. The molecule has 0 aliphatic carbocycles. The van der Waals surface area contributed by atoms with Crippen LogP contribution >= 0.6 is 0 Å². The molecule has 2 aromatic carbocycles. The monoisotopic (exact) mass is 375 g/mol. The van der Waals surface area contributed by atoms with Crippen molar-refractivity contribution in [3.63, 3.8) is 0 Å². The fraction of sp³-hybridized carbons (Fsp3) is 0.263. The molecule has 0 aliphatic rings. The number of nitrogens with two attached hydrogens (primary N) is 1. The summed E-state index contributed by atoms with van der Waals surface area (Å²) in [7, 11) is 2.65. The van der Waals surface area contributed by atoms with E-state index in [9.17, 15) is 9.18 Å². The van der Waals surface area contributed by atoms with E-state index >= 15 is 0 Å². The number of ether oxygens (including phenoxy) is 3. The van der Waals surface area contributed by atoms with Gasteiger partial charge in [0.1, 0.15) is 12.4 Å². The van der Waals surface area contributed by atoms with Gasteiger partial charge in [-0.15, -0.1) is 0 Å². The lowest BCUT2D eigenvalue weighted by atomic mass is 10.2. The molecular formula is C19H22FN3O4. The van der Waals surface area contributed by atoms with Crippen LogP contribution in [0.15, 0.2) is 53.6 Å². The number of carbonyl (C=O) groups is 1. The minimum atomic E-state index is -0.813. The first-order valence-corrected chi connectivity index (χ1v) is 8.17. The maximum absolute atomic E-state index is 14.3. The molecule has 2 rings (SSSR count). The Hall–Kier alpha value is -2.97. The minimum absolute atomic E-state index is 0.0599. The largest absolute Gasteiger partial charge is 0.489 e. The predicted octanol–water partition coefficient (Wildman–Crippen LogP) is 2.32. The average molecular weight is 375 g/mol. The van der Waals surface area contributed by atoms with E-state index in [2.05, 4.69) is 15.3 Å². The number of nitrogens with one attached hydrogen (secondary N) is 1. The second kappa shape index (κ2) is 10.2. The zero-order valence-electron chi connectivity index (χ0n) is 15.1. The summed E-state index contributed by atoms with van der Waals surface area (Å²) in [4.78, 5) is 11.8. The zero-order valence-corrected chi connectivity index (χ0v) is 15.1. The summed E-state index contributed by atoms with van der Waals surface area (Å²) in [5, 5.41) is 3.87. The summed E-state index contributed by atoms with van der Waals surface area (Å²) in [6, 6.07) is 13.0. The minimum Gasteiger partial charge on any atom is -0.489 e. The third kappa shape index (κ3) is 6.05. The summed E-state index contributed by atoms with van der Waals surface area (Å²) in [5.74, 6) is -0.945. The van der Waals surface area contributed by atoms with Gasteiger partial charge in [-0.1, -0.05) is 30.3 Å². The molecule has 27 heavy (non-hydrogen) atoms. The Balaban J connectivity index is 2.06. The highest BCUT2D eigenvalue weighted by atomic mass is 19.1. The number of benzene rings is 2. The highest BCUT2D eigenvalue weighted by Crippen LogP contribution is 2.21. The van der Waals surface area contributed by atoms with E-state index in [1.54, 1.807) is 6.07 Å². The van der Waals surface area contributed by atoms with Crippen LogP contribution in [-0.4, -0.2) is 38.5 Å². The summed E-state index contributed by atoms with van der Waals surface area (Å²) in [5.41, 5.74) is 9.23. The molecule has 0 bridgehead atoms. The molecule has 1 atom stereocenters. The summed E-state index contributed by atoms with van der Waals surface area (Å²) in [6.07, 6.45) is 0. The number of esters is 1. The fourth-order valence-corrected chi connectivity index (χ4v) is 2.18. The fourth-order valence-electron chi connectivity index (χ4n) is 2.18. The first-order valence-electron chi connectivity index (χ1n) is 8.17. The van der Waals surface area contributed by atoms with Gasteiger partial charge < -0.3 is 19.9 Å². The van der Waals surface area contributed by atoms with Gasteiger partial charge in [0.2, 0.25) is 0 Å². The van der Waals surface area contributed by atoms with Crippen molar-refractivity contribution in [2.24, 2.45) is 10.8 Å². The highest BCUT2D eigenvalue weighted by Gasteiger charge is 2.21. The van der Waals surface area contributed by atoms with Gasteiger partial charge in [-0.2, -0.15) is 5.10 Å². The third-order valence-corrected chi connectivity index (χ3v) is 3.58. The number of hydrogen-bond acceptors (Lipinski definition) is 7. The molecule has 0 aromatic heterocycles. The Labute approximate surface area is 156 Å². The lowest BCUT2D eigenvalue weighted by molar-refractivity contribution is -0.133. The van der Waals surface area contributed by atoms with Crippen molar-refractivity contribution < 1.29 is 23.4 Å². The van der Waals surface area contributed by atoms with Crippen LogP contribution in [0.2, 0.25) is 0 Å². The van der Waals surface area contributed by atoms with Crippen LogP contribution in [-0.2, 0) is 20.9 Å². The molecular weight excluding hydrogens is 353 g/mol. The van der Waals surface area contributed by atoms with Crippen LogP contribution in [0.4, 0.5) is 10.1 Å². The van der Waals surface area contributed by atoms with Crippen molar-refractivity contribution in [1.82, 2.24) is 0 Å². The average Bonchev–Trinajstić information content (AvgIpc) is 2.68. The summed E-state index contributed by atoms with van der Waals surface area (Å²) < 4.78 is 29.4. The van der Waals surface area contributed by atoms with Gasteiger partial charge in [0.25, 0.3) is 0 Å². The molecule has 0 saturated carbocycles. The normalized spacial score (nSPS) is 12.4. The maximum atomic E-state index is 14.3. The molecule has 0 fully saturated rings. The lowest BCUT2D eigenvalue weighted by Gasteiger charge is -2.13. The van der Waals surface area contributed by atoms with Gasteiger partial charge >= 0.3 is 5.97 Å². The zero-order chi connectivity index (χ0) is 19.6. The van der Waals surface area contributed by atoms with Crippen molar-refractivity contribution >= 4 is 17.4 Å². The van der Waals surface area contributed by atoms with E-state index < -0.39 is 17.8 Å². The first kappa shape index (κ1) is 20.3. The van der Waals surface area contributed by atoms with E-state index in [4.69, 9.17) is 15.2 Å². The molecule has 144 valence electrons. The topological polar surface area (TPSA) is 95.2 Å². The number of hydrazone groups is 1. The molecule has 2 aromatic rings. The number of nitrogens with zero attached hydrogens (tertiary/aromatic N) is 1. The Morgan fingerprint density at radius 1 is 1.22 bits per heavy atom. The van der Waals surface area contributed by atoms with Crippen LogP contribution in [0.25, 0.3) is 0 Å². The molecule has 3 N–H and O–H groups in total. The Kier molecular flexibility index (Phi) is 7.72. The van der Waals surface area contributed by atoms with E-state index in [1.807, 2.05) is 30.3 Å². The van der Waals surface area contributed by atoms with Gasteiger partial charge in [0.05, 0.1) is 25.4 Å². The molecule has 0 aliphatic heterocycles. The number of hydrogen-bond donors (Lipinski definition) is 2. The maximum Gasteiger partial charge on any atom is 0.355 e. The highest BCUT2D eigenvalue weighted by molar-refractivity contribution is 6.38. The smallest absolute Gasteiger partial charge is 0.355 e. The molecule has 8 heteroatoms. The SMILES string of the molecule is COCC(N)/C(=N\Nc1ccc(OCc2ccccc2)cc1F)C(=O)OC. The van der Waals surface area contributed by atoms with Crippen LogP contribution in [0, 0.1) is 5.82 Å². The predicted molar refractivity (Wildman–Crippen MR) is 100 cm³/mol. The Morgan fingerprint density at radius 2 is 1.96 bits per heavy atom. The second-order valence-electron chi connectivity index (χ2n) is 5.58. The summed E-state index contributed by atoms with van der Waals surface area (Å²) in [6.45, 7) is 0.383. The van der Waals surface area contributed by atoms with E-state index in [0.717, 1.165) is 5.56 Å². The molecule has 1 unspecified atom stereocenters. The number of methoxy groups -OCH3 is 2. The van der Waals surface area contributed by atoms with E-state index in [1.165, 1.54) is 26.4 Å². The van der Waals surface area contributed by atoms with Crippen molar-refractivity contribution in [2.45, 2.75) is 12.6 Å². The first-order chi connectivity index (χ1) is 13.0. The van der Waals surface area contributed by atoms with Crippen LogP contribution in [0.1, 0.15) is 5.56 Å². The van der Waals surface area contributed by atoms with E-state index in [0.29, 0.717) is 12.4 Å². The number of halogens is 1. The summed E-state index contributed by atoms with van der Waals surface area (Å²) >= 11 is 0. The molecule has 0 spiro atoms. The van der Waals surface area contributed by atoms with Gasteiger partial charge in [-0.05, 0) is 17.7 Å². The third-order valence-electron chi connectivity index (χ3n) is 3.58. The molecule has 0 saturated heterocycles. The van der Waals surface area contributed by atoms with E-state index in [-0.39, 0.29) is 18.0 Å². The van der Waals surface area contributed by atoms with Crippen molar-refractivity contribution in [1.29, 1.82) is 0 Å². The number of rotatable bonds is 9. The molecule has 0 heterocycles. The lowest BCUT2D eigenvalue weighted by Crippen LogP contribution is -2.40. The van der Waals surface area contributed by atoms with Gasteiger partial charge in [-0.3, -0.25) is 5.43 Å². The Bertz CT molecular complexity index is 784. The Morgan fingerprint density at radius 3 is 2.59 bits per heavy atom. The van der Waals surface area contributed by atoms with Crippen LogP contribution in [0.3, 0.4) is 0 Å². The number of carbonyl (C=O) groups excluding carboxylic acids is 1. The van der Waals surface area contributed by atoms with Gasteiger partial charge in [-0.25, -0.2) is 9.18 Å². The molecule has 0 amide bonds. The standard InChI is InChI=1S/C19H22FN3O4/c1-25-12-16(21)18(19(24)26-2)23-22-17-9-8-14(10-15(17)20)27-11-13-6-4-3-5-7-13/h3-10,16,22H,11-12,21H2,1-2H3/b23-18+. The van der Waals surface area contributed by atoms with Gasteiger partial charge in [0.15, 0.2) is 11.5 Å². The van der Waals surface area contributed by atoms with Gasteiger partial charge in [0, 0.05) is 13.2 Å². The quantitative estimate of drug-likeness (QED) is 0.397. The van der Waals surface area contributed by atoms with Crippen molar-refractivity contribution in [3.05, 3.63) is 59.9 Å². The van der Waals surface area contributed by atoms with Crippen molar-refractivity contribution in [3.8, 4) is 5.75 Å². The van der Waals surface area contributed by atoms with Crippen LogP contribution < -0.4 is 15.9 Å². The van der Waals surface area contributed by atoms with Crippen molar-refractivity contribution in [2.75, 3.05) is 26.3 Å².